The molecule has 0 saturated carbocycles. The van der Waals surface area contributed by atoms with Gasteiger partial charge in [-0.2, -0.15) is 8.78 Å². The fourth-order valence-corrected chi connectivity index (χ4v) is 2.56. The van der Waals surface area contributed by atoms with Gasteiger partial charge in [-0.1, -0.05) is 6.07 Å². The molecular weight excluding hydrogens is 450 g/mol. The van der Waals surface area contributed by atoms with E-state index in [2.05, 4.69) is 15.0 Å². The molecular formula is C16H23F3IN3O2. The van der Waals surface area contributed by atoms with Crippen LogP contribution < -0.4 is 10.1 Å². The summed E-state index contributed by atoms with van der Waals surface area (Å²) in [7, 11) is 0. The van der Waals surface area contributed by atoms with E-state index in [0.717, 1.165) is 0 Å². The van der Waals surface area contributed by atoms with Gasteiger partial charge in [-0.15, -0.1) is 24.0 Å². The lowest BCUT2D eigenvalue weighted by Gasteiger charge is -2.32. The van der Waals surface area contributed by atoms with Crippen molar-refractivity contribution in [2.45, 2.75) is 39.0 Å². The SMILES string of the molecule is CCNC(=NCc1c(F)cccc1OC(F)F)N1CCC(O)CC1.I. The van der Waals surface area contributed by atoms with Crippen LogP contribution in [-0.4, -0.2) is 48.3 Å². The predicted molar refractivity (Wildman–Crippen MR) is 100 cm³/mol. The topological polar surface area (TPSA) is 57.1 Å². The molecule has 0 unspecified atom stereocenters. The molecule has 9 heteroatoms. The van der Waals surface area contributed by atoms with E-state index in [0.29, 0.717) is 38.4 Å². The van der Waals surface area contributed by atoms with Crippen LogP contribution in [0.3, 0.4) is 0 Å². The lowest BCUT2D eigenvalue weighted by molar-refractivity contribution is -0.0506. The minimum Gasteiger partial charge on any atom is -0.434 e. The summed E-state index contributed by atoms with van der Waals surface area (Å²) < 4.78 is 43.2. The molecule has 1 saturated heterocycles. The number of ether oxygens (including phenoxy) is 1. The fraction of sp³-hybridized carbons (Fsp3) is 0.562. The maximum absolute atomic E-state index is 14.0. The van der Waals surface area contributed by atoms with Crippen molar-refractivity contribution in [1.29, 1.82) is 0 Å². The minimum atomic E-state index is -3.02. The quantitative estimate of drug-likeness (QED) is 0.393. The van der Waals surface area contributed by atoms with Gasteiger partial charge >= 0.3 is 6.61 Å². The normalized spacial score (nSPS) is 15.9. The standard InChI is InChI=1S/C16H22F3N3O2.HI/c1-2-20-16(22-8-6-11(23)7-9-22)21-10-12-13(17)4-3-5-14(12)24-15(18)19;/h3-5,11,15,23H,2,6-10H2,1H3,(H,20,21);1H. The highest BCUT2D eigenvalue weighted by Crippen LogP contribution is 2.24. The third-order valence-electron chi connectivity index (χ3n) is 3.78. The van der Waals surface area contributed by atoms with E-state index in [9.17, 15) is 18.3 Å². The molecule has 0 bridgehead atoms. The van der Waals surface area contributed by atoms with E-state index in [1.165, 1.54) is 18.2 Å². The largest absolute Gasteiger partial charge is 0.434 e. The molecule has 1 aliphatic heterocycles. The van der Waals surface area contributed by atoms with Crippen LogP contribution in [0.5, 0.6) is 5.75 Å². The fourth-order valence-electron chi connectivity index (χ4n) is 2.56. The summed E-state index contributed by atoms with van der Waals surface area (Å²) >= 11 is 0. The number of aliphatic imine (C=N–C) groups is 1. The maximum Gasteiger partial charge on any atom is 0.387 e. The number of hydrogen-bond donors (Lipinski definition) is 2. The van der Waals surface area contributed by atoms with Crippen LogP contribution in [0.2, 0.25) is 0 Å². The molecule has 0 atom stereocenters. The molecule has 0 spiro atoms. The number of guanidine groups is 1. The Labute approximate surface area is 162 Å². The predicted octanol–water partition coefficient (Wildman–Crippen LogP) is 2.97. The number of hydrogen-bond acceptors (Lipinski definition) is 3. The van der Waals surface area contributed by atoms with Crippen molar-refractivity contribution in [3.05, 3.63) is 29.6 Å². The van der Waals surface area contributed by atoms with E-state index >= 15 is 0 Å². The smallest absolute Gasteiger partial charge is 0.387 e. The van der Waals surface area contributed by atoms with Gasteiger partial charge in [0.1, 0.15) is 11.6 Å². The molecule has 1 aliphatic rings. The monoisotopic (exact) mass is 473 g/mol. The van der Waals surface area contributed by atoms with Crippen molar-refractivity contribution in [2.75, 3.05) is 19.6 Å². The number of benzene rings is 1. The van der Waals surface area contributed by atoms with Crippen molar-refractivity contribution in [3.8, 4) is 5.75 Å². The first kappa shape index (κ1) is 21.8. The molecule has 0 amide bonds. The molecule has 5 nitrogen and oxygen atoms in total. The van der Waals surface area contributed by atoms with Gasteiger partial charge in [0.15, 0.2) is 5.96 Å². The first-order valence-electron chi connectivity index (χ1n) is 7.94. The lowest BCUT2D eigenvalue weighted by Crippen LogP contribution is -2.46. The van der Waals surface area contributed by atoms with Crippen LogP contribution in [0.4, 0.5) is 13.2 Å². The van der Waals surface area contributed by atoms with Gasteiger partial charge in [0, 0.05) is 19.6 Å². The second-order valence-electron chi connectivity index (χ2n) is 5.48. The second-order valence-corrected chi connectivity index (χ2v) is 5.48. The Kier molecular flexibility index (Phi) is 9.33. The highest BCUT2D eigenvalue weighted by atomic mass is 127. The molecule has 1 fully saturated rings. The van der Waals surface area contributed by atoms with Crippen molar-refractivity contribution < 1.29 is 23.0 Å². The Morgan fingerprint density at radius 2 is 2.08 bits per heavy atom. The third-order valence-corrected chi connectivity index (χ3v) is 3.78. The Morgan fingerprint density at radius 1 is 1.40 bits per heavy atom. The summed E-state index contributed by atoms with van der Waals surface area (Å²) in [5.74, 6) is -0.281. The number of nitrogens with one attached hydrogen (secondary N) is 1. The van der Waals surface area contributed by atoms with Crippen LogP contribution in [0.1, 0.15) is 25.3 Å². The number of nitrogens with zero attached hydrogens (tertiary/aromatic N) is 2. The number of likely N-dealkylation sites (tertiary alicyclic amines) is 1. The van der Waals surface area contributed by atoms with Gasteiger partial charge in [-0.05, 0) is 31.9 Å². The minimum absolute atomic E-state index is 0. The Balaban J connectivity index is 0.00000312. The third kappa shape index (κ3) is 6.53. The highest BCUT2D eigenvalue weighted by Gasteiger charge is 2.20. The van der Waals surface area contributed by atoms with Gasteiger partial charge in [-0.3, -0.25) is 0 Å². The van der Waals surface area contributed by atoms with Crippen LogP contribution in [0.25, 0.3) is 0 Å². The van der Waals surface area contributed by atoms with Gasteiger partial charge in [0.25, 0.3) is 0 Å². The molecule has 0 aliphatic carbocycles. The van der Waals surface area contributed by atoms with Crippen LogP contribution in [0.15, 0.2) is 23.2 Å². The second kappa shape index (κ2) is 10.7. The highest BCUT2D eigenvalue weighted by molar-refractivity contribution is 14.0. The summed E-state index contributed by atoms with van der Waals surface area (Å²) in [6, 6.07) is 3.80. The van der Waals surface area contributed by atoms with Crippen molar-refractivity contribution >= 4 is 29.9 Å². The van der Waals surface area contributed by atoms with Gasteiger partial charge < -0.3 is 20.1 Å². The van der Waals surface area contributed by atoms with Gasteiger partial charge in [-0.25, -0.2) is 9.38 Å². The summed E-state index contributed by atoms with van der Waals surface area (Å²) in [4.78, 5) is 6.31. The summed E-state index contributed by atoms with van der Waals surface area (Å²) in [6.45, 7) is 0.648. The van der Waals surface area contributed by atoms with Crippen LogP contribution >= 0.6 is 24.0 Å². The zero-order chi connectivity index (χ0) is 17.5. The molecule has 1 aromatic carbocycles. The maximum atomic E-state index is 14.0. The molecule has 1 heterocycles. The zero-order valence-electron chi connectivity index (χ0n) is 13.9. The van der Waals surface area contributed by atoms with Crippen molar-refractivity contribution in [2.24, 2.45) is 4.99 Å². The molecule has 2 rings (SSSR count). The van der Waals surface area contributed by atoms with E-state index in [4.69, 9.17) is 0 Å². The first-order valence-corrected chi connectivity index (χ1v) is 7.94. The molecule has 0 aromatic heterocycles. The number of aliphatic hydroxyl groups is 1. The number of rotatable bonds is 5. The Bertz CT molecular complexity index is 568. The molecule has 25 heavy (non-hydrogen) atoms. The van der Waals surface area contributed by atoms with Crippen LogP contribution in [-0.2, 0) is 6.54 Å². The number of alkyl halides is 2. The molecule has 2 N–H and O–H groups in total. The van der Waals surface area contributed by atoms with Gasteiger partial charge in [0.2, 0.25) is 0 Å². The van der Waals surface area contributed by atoms with Crippen molar-refractivity contribution in [3.63, 3.8) is 0 Å². The summed E-state index contributed by atoms with van der Waals surface area (Å²) in [6.07, 6.45) is 0.940. The Morgan fingerprint density at radius 3 is 2.68 bits per heavy atom. The van der Waals surface area contributed by atoms with Crippen LogP contribution in [0, 0.1) is 5.82 Å². The van der Waals surface area contributed by atoms with Crippen molar-refractivity contribution in [1.82, 2.24) is 10.2 Å². The van der Waals surface area contributed by atoms with E-state index in [1.54, 1.807) is 0 Å². The van der Waals surface area contributed by atoms with Gasteiger partial charge in [0.05, 0.1) is 18.2 Å². The summed E-state index contributed by atoms with van der Waals surface area (Å²) in [5, 5.41) is 12.7. The van der Waals surface area contributed by atoms with E-state index in [-0.39, 0.29) is 47.9 Å². The molecule has 142 valence electrons. The lowest BCUT2D eigenvalue weighted by atomic mass is 10.1. The molecule has 1 aromatic rings. The zero-order valence-corrected chi connectivity index (χ0v) is 16.3. The van der Waals surface area contributed by atoms with E-state index < -0.39 is 12.4 Å². The average molecular weight is 473 g/mol. The average Bonchev–Trinajstić information content (AvgIpc) is 2.53. The number of aliphatic hydroxyl groups excluding tert-OH is 1. The number of piperidine rings is 1. The Hall–Kier alpha value is -1.23. The molecule has 0 radical (unpaired) electrons. The summed E-state index contributed by atoms with van der Waals surface area (Å²) in [5.41, 5.74) is -0.00903. The van der Waals surface area contributed by atoms with E-state index in [1.807, 2.05) is 11.8 Å². The first-order chi connectivity index (χ1) is 11.5. The number of halogens is 4.